The van der Waals surface area contributed by atoms with Gasteiger partial charge in [0, 0.05) is 23.7 Å². The summed E-state index contributed by atoms with van der Waals surface area (Å²) in [6, 6.07) is 10.5. The summed E-state index contributed by atoms with van der Waals surface area (Å²) in [6.07, 6.45) is 2.82. The summed E-state index contributed by atoms with van der Waals surface area (Å²) in [5.74, 6) is 0.920. The molecule has 1 N–H and O–H groups in total. The molecule has 114 valence electrons. The lowest BCUT2D eigenvalue weighted by Gasteiger charge is -2.17. The number of rotatable bonds is 7. The molecule has 0 aliphatic heterocycles. The number of thiophene rings is 1. The van der Waals surface area contributed by atoms with Crippen molar-refractivity contribution in [1.82, 2.24) is 10.3 Å². The van der Waals surface area contributed by atoms with Crippen LogP contribution >= 0.6 is 22.7 Å². The van der Waals surface area contributed by atoms with Crippen LogP contribution in [0.1, 0.15) is 22.2 Å². The van der Waals surface area contributed by atoms with E-state index in [1.165, 1.54) is 5.56 Å². The van der Waals surface area contributed by atoms with Crippen LogP contribution in [0.3, 0.4) is 0 Å². The van der Waals surface area contributed by atoms with E-state index >= 15 is 0 Å². The zero-order chi connectivity index (χ0) is 15.2. The van der Waals surface area contributed by atoms with Crippen LogP contribution in [0.4, 0.5) is 0 Å². The topological polar surface area (TPSA) is 34.1 Å². The molecule has 0 spiro atoms. The Morgan fingerprint density at radius 3 is 2.86 bits per heavy atom. The van der Waals surface area contributed by atoms with E-state index in [0.717, 1.165) is 29.3 Å². The van der Waals surface area contributed by atoms with Crippen LogP contribution in [-0.2, 0) is 13.0 Å². The fourth-order valence-corrected chi connectivity index (χ4v) is 3.78. The van der Waals surface area contributed by atoms with Gasteiger partial charge in [0.05, 0.1) is 13.2 Å². The number of aromatic nitrogens is 1. The van der Waals surface area contributed by atoms with Crippen molar-refractivity contribution in [3.05, 3.63) is 68.8 Å². The number of nitrogens with one attached hydrogen (secondary N) is 1. The number of thiazole rings is 1. The number of hydrogen-bond donors (Lipinski definition) is 1. The van der Waals surface area contributed by atoms with Gasteiger partial charge in [-0.05, 0) is 34.9 Å². The zero-order valence-corrected chi connectivity index (χ0v) is 14.0. The summed E-state index contributed by atoms with van der Waals surface area (Å²) in [5.41, 5.74) is 2.51. The number of ether oxygens (including phenoxy) is 1. The second-order valence-corrected chi connectivity index (χ2v) is 6.66. The van der Waals surface area contributed by atoms with Gasteiger partial charge in [-0.25, -0.2) is 4.98 Å². The first-order chi connectivity index (χ1) is 10.9. The Kier molecular flexibility index (Phi) is 5.21. The van der Waals surface area contributed by atoms with E-state index < -0.39 is 0 Å². The average molecular weight is 330 g/mol. The molecule has 3 aromatic rings. The molecule has 0 saturated carbocycles. The number of benzene rings is 1. The van der Waals surface area contributed by atoms with Gasteiger partial charge in [0.2, 0.25) is 0 Å². The lowest BCUT2D eigenvalue weighted by molar-refractivity contribution is 0.405. The number of hydrogen-bond acceptors (Lipinski definition) is 5. The minimum atomic E-state index is 0.222. The fraction of sp³-hybridized carbons (Fsp3) is 0.235. The molecule has 0 unspecified atom stereocenters. The van der Waals surface area contributed by atoms with Crippen molar-refractivity contribution in [2.75, 3.05) is 7.11 Å². The summed E-state index contributed by atoms with van der Waals surface area (Å²) in [7, 11) is 1.71. The highest BCUT2D eigenvalue weighted by molar-refractivity contribution is 7.09. The Balaban J connectivity index is 1.73. The second-order valence-electron chi connectivity index (χ2n) is 4.95. The van der Waals surface area contributed by atoms with E-state index in [2.05, 4.69) is 33.2 Å². The van der Waals surface area contributed by atoms with Crippen molar-refractivity contribution in [1.29, 1.82) is 0 Å². The van der Waals surface area contributed by atoms with E-state index in [9.17, 15) is 0 Å². The summed E-state index contributed by atoms with van der Waals surface area (Å²) < 4.78 is 5.42. The molecule has 0 aliphatic rings. The quantitative estimate of drug-likeness (QED) is 0.702. The smallest absolute Gasteiger partial charge is 0.123 e. The Morgan fingerprint density at radius 1 is 1.23 bits per heavy atom. The third-order valence-corrected chi connectivity index (χ3v) is 5.12. The van der Waals surface area contributed by atoms with Crippen LogP contribution in [0.25, 0.3) is 0 Å². The molecule has 0 saturated heterocycles. The molecule has 1 atom stereocenters. The van der Waals surface area contributed by atoms with Gasteiger partial charge in [-0.3, -0.25) is 0 Å². The predicted octanol–water partition coefficient (Wildman–Crippen LogP) is 4.29. The molecule has 0 aliphatic carbocycles. The molecule has 1 aromatic carbocycles. The monoisotopic (exact) mass is 330 g/mol. The molecule has 2 heterocycles. The molecule has 0 fully saturated rings. The number of nitrogens with zero attached hydrogens (tertiary/aromatic N) is 1. The van der Waals surface area contributed by atoms with E-state index in [4.69, 9.17) is 4.74 Å². The van der Waals surface area contributed by atoms with Crippen LogP contribution in [0, 0.1) is 0 Å². The van der Waals surface area contributed by atoms with E-state index in [0.29, 0.717) is 0 Å². The first-order valence-corrected chi connectivity index (χ1v) is 8.95. The maximum atomic E-state index is 5.42. The van der Waals surface area contributed by atoms with Crippen molar-refractivity contribution in [2.45, 2.75) is 19.0 Å². The zero-order valence-electron chi connectivity index (χ0n) is 12.4. The number of methoxy groups -OCH3 is 1. The SMILES string of the molecule is COc1ccccc1CN[C@@H](Cc1ccsc1)c1nccs1. The van der Waals surface area contributed by atoms with Gasteiger partial charge < -0.3 is 10.1 Å². The van der Waals surface area contributed by atoms with Crippen LogP contribution in [-0.4, -0.2) is 12.1 Å². The predicted molar refractivity (Wildman–Crippen MR) is 92.7 cm³/mol. The Morgan fingerprint density at radius 2 is 2.14 bits per heavy atom. The molecular formula is C17H18N2OS2. The molecule has 0 radical (unpaired) electrons. The number of para-hydroxylation sites is 1. The summed E-state index contributed by atoms with van der Waals surface area (Å²) >= 11 is 3.43. The minimum Gasteiger partial charge on any atom is -0.496 e. The van der Waals surface area contributed by atoms with Crippen molar-refractivity contribution in [3.63, 3.8) is 0 Å². The average Bonchev–Trinajstić information content (AvgIpc) is 3.25. The first kappa shape index (κ1) is 15.2. The van der Waals surface area contributed by atoms with Gasteiger partial charge in [0.25, 0.3) is 0 Å². The Bertz CT molecular complexity index is 681. The minimum absolute atomic E-state index is 0.222. The second kappa shape index (κ2) is 7.54. The molecule has 0 amide bonds. The lowest BCUT2D eigenvalue weighted by atomic mass is 10.1. The Hall–Kier alpha value is -1.69. The highest BCUT2D eigenvalue weighted by Crippen LogP contribution is 2.24. The molecular weight excluding hydrogens is 312 g/mol. The van der Waals surface area contributed by atoms with Crippen molar-refractivity contribution in [2.24, 2.45) is 0 Å². The molecule has 3 nitrogen and oxygen atoms in total. The molecule has 5 heteroatoms. The van der Waals surface area contributed by atoms with Crippen molar-refractivity contribution < 1.29 is 4.74 Å². The molecule has 22 heavy (non-hydrogen) atoms. The van der Waals surface area contributed by atoms with Crippen molar-refractivity contribution >= 4 is 22.7 Å². The van der Waals surface area contributed by atoms with E-state index in [1.807, 2.05) is 29.8 Å². The van der Waals surface area contributed by atoms with Crippen LogP contribution < -0.4 is 10.1 Å². The van der Waals surface area contributed by atoms with Crippen LogP contribution in [0.5, 0.6) is 5.75 Å². The van der Waals surface area contributed by atoms with Gasteiger partial charge in [-0.15, -0.1) is 11.3 Å². The summed E-state index contributed by atoms with van der Waals surface area (Å²) in [4.78, 5) is 4.48. The van der Waals surface area contributed by atoms with E-state index in [1.54, 1.807) is 29.8 Å². The Labute approximate surface area is 138 Å². The summed E-state index contributed by atoms with van der Waals surface area (Å²) in [6.45, 7) is 0.762. The van der Waals surface area contributed by atoms with Crippen LogP contribution in [0.15, 0.2) is 52.7 Å². The van der Waals surface area contributed by atoms with E-state index in [-0.39, 0.29) is 6.04 Å². The maximum Gasteiger partial charge on any atom is 0.123 e. The molecule has 0 bridgehead atoms. The van der Waals surface area contributed by atoms with Gasteiger partial charge >= 0.3 is 0 Å². The highest BCUT2D eigenvalue weighted by atomic mass is 32.1. The van der Waals surface area contributed by atoms with Crippen molar-refractivity contribution in [3.8, 4) is 5.75 Å². The third-order valence-electron chi connectivity index (χ3n) is 3.50. The standard InChI is InChI=1S/C17H18N2OS2/c1-20-16-5-3-2-4-14(16)11-19-15(17-18-7-9-22-17)10-13-6-8-21-12-13/h2-9,12,15,19H,10-11H2,1H3/t15-/m0/s1. The third kappa shape index (κ3) is 3.74. The maximum absolute atomic E-state index is 5.42. The lowest BCUT2D eigenvalue weighted by Crippen LogP contribution is -2.23. The normalized spacial score (nSPS) is 12.2. The fourth-order valence-electron chi connectivity index (χ4n) is 2.38. The molecule has 3 rings (SSSR count). The first-order valence-electron chi connectivity index (χ1n) is 7.12. The molecule has 2 aromatic heterocycles. The largest absolute Gasteiger partial charge is 0.496 e. The van der Waals surface area contributed by atoms with Crippen LogP contribution in [0.2, 0.25) is 0 Å². The van der Waals surface area contributed by atoms with Gasteiger partial charge in [0.1, 0.15) is 10.8 Å². The van der Waals surface area contributed by atoms with Gasteiger partial charge in [-0.1, -0.05) is 18.2 Å². The summed E-state index contributed by atoms with van der Waals surface area (Å²) in [5, 5.41) is 11.1. The van der Waals surface area contributed by atoms with Gasteiger partial charge in [0.15, 0.2) is 0 Å². The highest BCUT2D eigenvalue weighted by Gasteiger charge is 2.15. The van der Waals surface area contributed by atoms with Gasteiger partial charge in [-0.2, -0.15) is 11.3 Å².